The molecule has 0 aliphatic carbocycles. The van der Waals surface area contributed by atoms with Crippen molar-refractivity contribution in [3.63, 3.8) is 0 Å². The number of carbonyl (C=O) groups is 1. The Hall–Kier alpha value is -1.68. The first kappa shape index (κ1) is 10.8. The third kappa shape index (κ3) is 2.12. The van der Waals surface area contributed by atoms with Gasteiger partial charge in [0, 0.05) is 16.5 Å². The first-order chi connectivity index (χ1) is 7.68. The first-order valence-electron chi connectivity index (χ1n) is 4.94. The summed E-state index contributed by atoms with van der Waals surface area (Å²) in [7, 11) is 0. The molecule has 0 fully saturated rings. The second kappa shape index (κ2) is 4.45. The van der Waals surface area contributed by atoms with Crippen LogP contribution in [0.4, 0.5) is 5.69 Å². The molecule has 2 aromatic heterocycles. The molecule has 0 saturated heterocycles. The van der Waals surface area contributed by atoms with Crippen LogP contribution in [0.3, 0.4) is 0 Å². The summed E-state index contributed by atoms with van der Waals surface area (Å²) in [6.45, 7) is 3.98. The van der Waals surface area contributed by atoms with Gasteiger partial charge < -0.3 is 5.32 Å². The van der Waals surface area contributed by atoms with Crippen LogP contribution < -0.4 is 5.32 Å². The van der Waals surface area contributed by atoms with E-state index in [9.17, 15) is 4.79 Å². The molecule has 82 valence electrons. The van der Waals surface area contributed by atoms with Crippen LogP contribution in [-0.2, 0) is 0 Å². The number of aromatic nitrogens is 1. The molecule has 0 atom stereocenters. The number of thiophene rings is 1. The van der Waals surface area contributed by atoms with Gasteiger partial charge in [-0.1, -0.05) is 0 Å². The van der Waals surface area contributed by atoms with Crippen LogP contribution in [0.25, 0.3) is 0 Å². The molecule has 2 heterocycles. The van der Waals surface area contributed by atoms with Crippen LogP contribution in [0.2, 0.25) is 0 Å². The van der Waals surface area contributed by atoms with Crippen molar-refractivity contribution >= 4 is 22.9 Å². The van der Waals surface area contributed by atoms with Gasteiger partial charge in [0.25, 0.3) is 5.91 Å². The maximum Gasteiger partial charge on any atom is 0.256 e. The molecular formula is C12H12N2OS. The molecule has 3 nitrogen and oxygen atoms in total. The average molecular weight is 232 g/mol. The van der Waals surface area contributed by atoms with Crippen molar-refractivity contribution in [2.75, 3.05) is 5.32 Å². The summed E-state index contributed by atoms with van der Waals surface area (Å²) in [5.41, 5.74) is 2.51. The van der Waals surface area contributed by atoms with E-state index in [1.807, 2.05) is 25.3 Å². The van der Waals surface area contributed by atoms with E-state index >= 15 is 0 Å². The number of anilines is 1. The highest BCUT2D eigenvalue weighted by Gasteiger charge is 2.12. The Morgan fingerprint density at radius 2 is 2.25 bits per heavy atom. The Bertz CT molecular complexity index is 505. The molecule has 1 amide bonds. The van der Waals surface area contributed by atoms with Gasteiger partial charge in [0.1, 0.15) is 0 Å². The molecule has 2 aromatic rings. The number of aryl methyl sites for hydroxylation is 1. The molecule has 0 aliphatic rings. The zero-order valence-corrected chi connectivity index (χ0v) is 9.97. The maximum absolute atomic E-state index is 11.9. The average Bonchev–Trinajstić information content (AvgIpc) is 2.61. The van der Waals surface area contributed by atoms with E-state index in [2.05, 4.69) is 10.3 Å². The molecule has 2 rings (SSSR count). The van der Waals surface area contributed by atoms with Crippen molar-refractivity contribution in [3.05, 3.63) is 45.9 Å². The van der Waals surface area contributed by atoms with E-state index in [0.717, 1.165) is 16.8 Å². The Morgan fingerprint density at radius 1 is 1.44 bits per heavy atom. The summed E-state index contributed by atoms with van der Waals surface area (Å²) in [5, 5.41) is 4.70. The molecule has 0 aromatic carbocycles. The van der Waals surface area contributed by atoms with E-state index in [4.69, 9.17) is 0 Å². The third-order valence-electron chi connectivity index (χ3n) is 2.45. The minimum atomic E-state index is -0.0742. The normalized spacial score (nSPS) is 10.1. The lowest BCUT2D eigenvalue weighted by molar-refractivity contribution is 0.102. The van der Waals surface area contributed by atoms with Gasteiger partial charge in [-0.2, -0.15) is 0 Å². The Kier molecular flexibility index (Phi) is 3.01. The Morgan fingerprint density at radius 3 is 2.81 bits per heavy atom. The summed E-state index contributed by atoms with van der Waals surface area (Å²) < 4.78 is 0. The quantitative estimate of drug-likeness (QED) is 0.864. The molecular weight excluding hydrogens is 220 g/mol. The maximum atomic E-state index is 11.9. The molecule has 0 bridgehead atoms. The molecule has 0 radical (unpaired) electrons. The largest absolute Gasteiger partial charge is 0.321 e. The summed E-state index contributed by atoms with van der Waals surface area (Å²) in [6, 6.07) is 3.61. The van der Waals surface area contributed by atoms with Crippen LogP contribution >= 0.6 is 11.3 Å². The summed E-state index contributed by atoms with van der Waals surface area (Å²) in [4.78, 5) is 17.0. The molecule has 16 heavy (non-hydrogen) atoms. The van der Waals surface area contributed by atoms with Crippen molar-refractivity contribution in [1.29, 1.82) is 0 Å². The SMILES string of the molecule is Cc1scc(C(=O)Nc2cccnc2)c1C. The van der Waals surface area contributed by atoms with Gasteiger partial charge in [0.15, 0.2) is 0 Å². The number of hydrogen-bond donors (Lipinski definition) is 1. The number of amides is 1. The number of rotatable bonds is 2. The lowest BCUT2D eigenvalue weighted by atomic mass is 10.1. The number of hydrogen-bond acceptors (Lipinski definition) is 3. The predicted molar refractivity (Wildman–Crippen MR) is 66.0 cm³/mol. The topological polar surface area (TPSA) is 42.0 Å². The van der Waals surface area contributed by atoms with Gasteiger partial charge in [-0.05, 0) is 31.5 Å². The Balaban J connectivity index is 2.18. The van der Waals surface area contributed by atoms with Crippen LogP contribution in [0.1, 0.15) is 20.8 Å². The zero-order valence-electron chi connectivity index (χ0n) is 9.15. The summed E-state index contributed by atoms with van der Waals surface area (Å²) in [6.07, 6.45) is 3.31. The van der Waals surface area contributed by atoms with Gasteiger partial charge >= 0.3 is 0 Å². The second-order valence-electron chi connectivity index (χ2n) is 3.53. The lowest BCUT2D eigenvalue weighted by Crippen LogP contribution is -2.12. The van der Waals surface area contributed by atoms with E-state index in [1.165, 1.54) is 4.88 Å². The van der Waals surface area contributed by atoms with E-state index in [-0.39, 0.29) is 5.91 Å². The monoisotopic (exact) mass is 232 g/mol. The van der Waals surface area contributed by atoms with Gasteiger partial charge in [0.2, 0.25) is 0 Å². The van der Waals surface area contributed by atoms with Gasteiger partial charge in [-0.25, -0.2) is 0 Å². The first-order valence-corrected chi connectivity index (χ1v) is 5.82. The number of carbonyl (C=O) groups excluding carboxylic acids is 1. The minimum Gasteiger partial charge on any atom is -0.321 e. The fourth-order valence-corrected chi connectivity index (χ4v) is 2.24. The standard InChI is InChI=1S/C12H12N2OS/c1-8-9(2)16-7-11(8)12(15)14-10-4-3-5-13-6-10/h3-7H,1-2H3,(H,14,15). The fourth-order valence-electron chi connectivity index (χ4n) is 1.37. The molecule has 4 heteroatoms. The minimum absolute atomic E-state index is 0.0742. The van der Waals surface area contributed by atoms with Crippen molar-refractivity contribution in [2.45, 2.75) is 13.8 Å². The van der Waals surface area contributed by atoms with Crippen molar-refractivity contribution in [3.8, 4) is 0 Å². The van der Waals surface area contributed by atoms with Gasteiger partial charge in [-0.3, -0.25) is 9.78 Å². The lowest BCUT2D eigenvalue weighted by Gasteiger charge is -2.03. The van der Waals surface area contributed by atoms with E-state index < -0.39 is 0 Å². The van der Waals surface area contributed by atoms with Crippen LogP contribution in [0.15, 0.2) is 29.9 Å². The zero-order chi connectivity index (χ0) is 11.5. The smallest absolute Gasteiger partial charge is 0.256 e. The fraction of sp³-hybridized carbons (Fsp3) is 0.167. The van der Waals surface area contributed by atoms with Gasteiger partial charge in [-0.15, -0.1) is 11.3 Å². The molecule has 0 spiro atoms. The highest BCUT2D eigenvalue weighted by Crippen LogP contribution is 2.21. The predicted octanol–water partition coefficient (Wildman–Crippen LogP) is 3.01. The van der Waals surface area contributed by atoms with E-state index in [1.54, 1.807) is 29.8 Å². The third-order valence-corrected chi connectivity index (χ3v) is 3.46. The molecule has 1 N–H and O–H groups in total. The van der Waals surface area contributed by atoms with Crippen molar-refractivity contribution in [2.24, 2.45) is 0 Å². The highest BCUT2D eigenvalue weighted by atomic mass is 32.1. The van der Waals surface area contributed by atoms with Crippen LogP contribution in [0.5, 0.6) is 0 Å². The molecule has 0 aliphatic heterocycles. The highest BCUT2D eigenvalue weighted by molar-refractivity contribution is 7.10. The van der Waals surface area contributed by atoms with Crippen molar-refractivity contribution in [1.82, 2.24) is 4.98 Å². The Labute approximate surface area is 98.2 Å². The summed E-state index contributed by atoms with van der Waals surface area (Å²) >= 11 is 1.59. The number of nitrogens with zero attached hydrogens (tertiary/aromatic N) is 1. The van der Waals surface area contributed by atoms with E-state index in [0.29, 0.717) is 0 Å². The molecule has 0 saturated carbocycles. The van der Waals surface area contributed by atoms with Crippen molar-refractivity contribution < 1.29 is 4.79 Å². The molecule has 0 unspecified atom stereocenters. The van der Waals surface area contributed by atoms with Crippen LogP contribution in [0, 0.1) is 13.8 Å². The van der Waals surface area contributed by atoms with Crippen LogP contribution in [-0.4, -0.2) is 10.9 Å². The summed E-state index contributed by atoms with van der Waals surface area (Å²) in [5.74, 6) is -0.0742. The number of nitrogens with one attached hydrogen (secondary N) is 1. The number of pyridine rings is 1. The second-order valence-corrected chi connectivity index (χ2v) is 4.61. The van der Waals surface area contributed by atoms with Gasteiger partial charge in [0.05, 0.1) is 17.4 Å².